The van der Waals surface area contributed by atoms with Gasteiger partial charge in [-0.3, -0.25) is 0 Å². The number of hydrogen-bond donors (Lipinski definition) is 2. The maximum atomic E-state index is 13.0. The van der Waals surface area contributed by atoms with Crippen LogP contribution in [0.15, 0.2) is 53.5 Å². The van der Waals surface area contributed by atoms with E-state index in [9.17, 15) is 4.39 Å². The summed E-state index contributed by atoms with van der Waals surface area (Å²) in [5.74, 6) is -0.142. The molecule has 3 nitrogen and oxygen atoms in total. The number of anilines is 1. The first kappa shape index (κ1) is 16.7. The second-order valence-electron chi connectivity index (χ2n) is 3.94. The van der Waals surface area contributed by atoms with E-state index in [2.05, 4.69) is 10.3 Å². The van der Waals surface area contributed by atoms with E-state index in [1.54, 1.807) is 6.07 Å². The molecule has 0 bridgehead atoms. The highest BCUT2D eigenvalue weighted by Crippen LogP contribution is 2.16. The van der Waals surface area contributed by atoms with Gasteiger partial charge in [0.2, 0.25) is 0 Å². The van der Waals surface area contributed by atoms with Gasteiger partial charge in [0.15, 0.2) is 5.96 Å². The zero-order valence-electron chi connectivity index (χ0n) is 10.5. The predicted molar refractivity (Wildman–Crippen MR) is 92.2 cm³/mol. The topological polar surface area (TPSA) is 50.4 Å². The Balaban J connectivity index is 0.00000200. The first-order chi connectivity index (χ1) is 9.15. The molecule has 20 heavy (non-hydrogen) atoms. The number of hydrogen-bond acceptors (Lipinski definition) is 1. The van der Waals surface area contributed by atoms with Crippen molar-refractivity contribution in [2.75, 3.05) is 5.32 Å². The Labute approximate surface area is 139 Å². The molecule has 0 spiro atoms. The first-order valence-electron chi connectivity index (χ1n) is 5.71. The molecule has 6 heteroatoms. The summed E-state index contributed by atoms with van der Waals surface area (Å²) >= 11 is 5.69. The van der Waals surface area contributed by atoms with Crippen LogP contribution in [0.4, 0.5) is 10.1 Å². The molecule has 0 aromatic heterocycles. The number of guanidine groups is 1. The van der Waals surface area contributed by atoms with Gasteiger partial charge in [-0.25, -0.2) is 9.38 Å². The molecule has 2 rings (SSSR count). The van der Waals surface area contributed by atoms with Crippen LogP contribution in [-0.2, 0) is 6.54 Å². The minimum absolute atomic E-state index is 0. The minimum atomic E-state index is -0.440. The van der Waals surface area contributed by atoms with E-state index in [1.807, 2.05) is 30.3 Å². The fourth-order valence-electron chi connectivity index (χ4n) is 1.52. The van der Waals surface area contributed by atoms with Gasteiger partial charge in [0.1, 0.15) is 5.82 Å². The number of halogens is 3. The largest absolute Gasteiger partial charge is 0.370 e. The van der Waals surface area contributed by atoms with Crippen molar-refractivity contribution in [3.8, 4) is 0 Å². The number of aliphatic imine (C=N–C) groups is 1. The molecular weight excluding hydrogens is 392 g/mol. The number of para-hydroxylation sites is 1. The number of nitrogens with zero attached hydrogens (tertiary/aromatic N) is 1. The number of rotatable bonds is 3. The minimum Gasteiger partial charge on any atom is -0.370 e. The molecule has 106 valence electrons. The molecule has 0 unspecified atom stereocenters. The standard InChI is InChI=1S/C14H13ClFN3.HI/c15-12-8-10(6-7-13(12)16)9-18-14(17)19-11-4-2-1-3-5-11;/h1-8H,9H2,(H3,17,18,19);1H. The summed E-state index contributed by atoms with van der Waals surface area (Å²) in [6.45, 7) is 0.339. The highest BCUT2D eigenvalue weighted by Gasteiger charge is 2.00. The van der Waals surface area contributed by atoms with Crippen LogP contribution in [0.5, 0.6) is 0 Å². The number of benzene rings is 2. The second kappa shape index (κ2) is 8.06. The third-order valence-electron chi connectivity index (χ3n) is 2.46. The Morgan fingerprint density at radius 2 is 1.90 bits per heavy atom. The predicted octanol–water partition coefficient (Wildman–Crippen LogP) is 4.02. The average molecular weight is 406 g/mol. The molecule has 0 amide bonds. The quantitative estimate of drug-likeness (QED) is 0.460. The van der Waals surface area contributed by atoms with E-state index in [1.165, 1.54) is 12.1 Å². The highest BCUT2D eigenvalue weighted by atomic mass is 127. The molecule has 3 N–H and O–H groups in total. The van der Waals surface area contributed by atoms with E-state index in [0.717, 1.165) is 11.3 Å². The molecule has 0 aliphatic carbocycles. The lowest BCUT2D eigenvalue weighted by molar-refractivity contribution is 0.627. The fraction of sp³-hybridized carbons (Fsp3) is 0.0714. The van der Waals surface area contributed by atoms with Crippen molar-refractivity contribution in [2.24, 2.45) is 10.7 Å². The molecule has 2 aromatic rings. The van der Waals surface area contributed by atoms with E-state index < -0.39 is 5.82 Å². The molecule has 0 saturated heterocycles. The van der Waals surface area contributed by atoms with Gasteiger partial charge in [0, 0.05) is 5.69 Å². The molecule has 2 aromatic carbocycles. The molecular formula is C14H14ClFIN3. The van der Waals surface area contributed by atoms with Gasteiger partial charge in [-0.2, -0.15) is 0 Å². The van der Waals surface area contributed by atoms with Crippen LogP contribution < -0.4 is 11.1 Å². The summed E-state index contributed by atoms with van der Waals surface area (Å²) in [4.78, 5) is 4.16. The van der Waals surface area contributed by atoms with Crippen molar-refractivity contribution in [3.63, 3.8) is 0 Å². The summed E-state index contributed by atoms with van der Waals surface area (Å²) < 4.78 is 13.0. The summed E-state index contributed by atoms with van der Waals surface area (Å²) in [5.41, 5.74) is 7.41. The van der Waals surface area contributed by atoms with Crippen molar-refractivity contribution in [2.45, 2.75) is 6.54 Å². The van der Waals surface area contributed by atoms with Crippen LogP contribution in [0.25, 0.3) is 0 Å². The molecule has 0 heterocycles. The Hall–Kier alpha value is -1.34. The van der Waals surface area contributed by atoms with Crippen molar-refractivity contribution in [1.29, 1.82) is 0 Å². The van der Waals surface area contributed by atoms with Crippen LogP contribution in [0, 0.1) is 5.82 Å². The Kier molecular flexibility index (Phi) is 6.74. The molecule has 0 fully saturated rings. The molecule has 0 atom stereocenters. The molecule has 0 radical (unpaired) electrons. The zero-order valence-corrected chi connectivity index (χ0v) is 13.6. The van der Waals surface area contributed by atoms with Crippen LogP contribution >= 0.6 is 35.6 Å². The third-order valence-corrected chi connectivity index (χ3v) is 2.75. The lowest BCUT2D eigenvalue weighted by Gasteiger charge is -2.05. The maximum Gasteiger partial charge on any atom is 0.193 e. The van der Waals surface area contributed by atoms with Gasteiger partial charge in [0.25, 0.3) is 0 Å². The summed E-state index contributed by atoms with van der Waals surface area (Å²) in [6, 6.07) is 14.0. The smallest absolute Gasteiger partial charge is 0.193 e. The monoisotopic (exact) mass is 405 g/mol. The zero-order chi connectivity index (χ0) is 13.7. The molecule has 0 saturated carbocycles. The lowest BCUT2D eigenvalue weighted by Crippen LogP contribution is -2.22. The highest BCUT2D eigenvalue weighted by molar-refractivity contribution is 14.0. The summed E-state index contributed by atoms with van der Waals surface area (Å²) in [6.07, 6.45) is 0. The first-order valence-corrected chi connectivity index (χ1v) is 6.09. The van der Waals surface area contributed by atoms with Gasteiger partial charge < -0.3 is 11.1 Å². The van der Waals surface area contributed by atoms with Crippen LogP contribution in [0.1, 0.15) is 5.56 Å². The summed E-state index contributed by atoms with van der Waals surface area (Å²) in [7, 11) is 0. The third kappa shape index (κ3) is 4.97. The van der Waals surface area contributed by atoms with Gasteiger partial charge >= 0.3 is 0 Å². The van der Waals surface area contributed by atoms with Crippen LogP contribution in [0.2, 0.25) is 5.02 Å². The maximum absolute atomic E-state index is 13.0. The van der Waals surface area contributed by atoms with Crippen molar-refractivity contribution >= 4 is 47.2 Å². The van der Waals surface area contributed by atoms with Crippen molar-refractivity contribution < 1.29 is 4.39 Å². The number of nitrogens with one attached hydrogen (secondary N) is 1. The van der Waals surface area contributed by atoms with E-state index >= 15 is 0 Å². The Bertz CT molecular complexity index is 590. The van der Waals surface area contributed by atoms with E-state index in [0.29, 0.717) is 12.5 Å². The van der Waals surface area contributed by atoms with Gasteiger partial charge in [0.05, 0.1) is 11.6 Å². The molecule has 0 aliphatic heterocycles. The molecule has 0 aliphatic rings. The van der Waals surface area contributed by atoms with Gasteiger partial charge in [-0.1, -0.05) is 35.9 Å². The average Bonchev–Trinajstić information content (AvgIpc) is 2.41. The van der Waals surface area contributed by atoms with Crippen molar-refractivity contribution in [3.05, 3.63) is 64.9 Å². The van der Waals surface area contributed by atoms with Gasteiger partial charge in [-0.05, 0) is 29.8 Å². The SMILES string of the molecule is I.NC(=NCc1ccc(F)c(Cl)c1)Nc1ccccc1. The lowest BCUT2D eigenvalue weighted by atomic mass is 10.2. The van der Waals surface area contributed by atoms with E-state index in [-0.39, 0.29) is 29.0 Å². The Morgan fingerprint density at radius 1 is 1.20 bits per heavy atom. The van der Waals surface area contributed by atoms with Gasteiger partial charge in [-0.15, -0.1) is 24.0 Å². The second-order valence-corrected chi connectivity index (χ2v) is 4.35. The van der Waals surface area contributed by atoms with Crippen LogP contribution in [-0.4, -0.2) is 5.96 Å². The Morgan fingerprint density at radius 3 is 2.55 bits per heavy atom. The fourth-order valence-corrected chi connectivity index (χ4v) is 1.73. The number of nitrogens with two attached hydrogens (primary N) is 1. The van der Waals surface area contributed by atoms with E-state index in [4.69, 9.17) is 17.3 Å². The normalized spacial score (nSPS) is 10.8. The van der Waals surface area contributed by atoms with Crippen molar-refractivity contribution in [1.82, 2.24) is 0 Å². The van der Waals surface area contributed by atoms with Crippen LogP contribution in [0.3, 0.4) is 0 Å². The summed E-state index contributed by atoms with van der Waals surface area (Å²) in [5, 5.41) is 3.04.